The minimum Gasteiger partial charge on any atom is -0.381 e. The molecule has 1 aromatic heterocycles. The fourth-order valence-electron chi connectivity index (χ4n) is 3.79. The van der Waals surface area contributed by atoms with Gasteiger partial charge in [-0.3, -0.25) is 9.48 Å². The average molecular weight is 325 g/mol. The zero-order valence-corrected chi connectivity index (χ0v) is 14.2. The van der Waals surface area contributed by atoms with E-state index in [1.165, 1.54) is 5.56 Å². The Morgan fingerprint density at radius 3 is 2.75 bits per heavy atom. The van der Waals surface area contributed by atoms with Gasteiger partial charge in [-0.1, -0.05) is 0 Å². The summed E-state index contributed by atoms with van der Waals surface area (Å²) in [6.07, 6.45) is 3.87. The van der Waals surface area contributed by atoms with Crippen LogP contribution in [0.25, 0.3) is 11.3 Å². The highest BCUT2D eigenvalue weighted by Gasteiger charge is 2.27. The van der Waals surface area contributed by atoms with Crippen LogP contribution in [0.2, 0.25) is 0 Å². The van der Waals surface area contributed by atoms with E-state index in [1.54, 1.807) is 0 Å². The summed E-state index contributed by atoms with van der Waals surface area (Å²) < 4.78 is 7.53. The third kappa shape index (κ3) is 2.53. The number of hydrogen-bond acceptors (Lipinski definition) is 3. The molecule has 0 aliphatic carbocycles. The summed E-state index contributed by atoms with van der Waals surface area (Å²) in [5.41, 5.74) is 5.40. The van der Waals surface area contributed by atoms with Crippen LogP contribution >= 0.6 is 0 Å². The maximum atomic E-state index is 12.3. The fourth-order valence-corrected chi connectivity index (χ4v) is 3.79. The molecule has 0 atom stereocenters. The molecular weight excluding hydrogens is 302 g/mol. The number of nitrogens with zero attached hydrogens (tertiary/aromatic N) is 2. The third-order valence-corrected chi connectivity index (χ3v) is 5.07. The third-order valence-electron chi connectivity index (χ3n) is 5.07. The van der Waals surface area contributed by atoms with Crippen LogP contribution in [-0.4, -0.2) is 28.9 Å². The van der Waals surface area contributed by atoms with Crippen molar-refractivity contribution in [2.45, 2.75) is 45.2 Å². The van der Waals surface area contributed by atoms with Gasteiger partial charge in [-0.05, 0) is 61.9 Å². The summed E-state index contributed by atoms with van der Waals surface area (Å²) in [6, 6.07) is 6.69. The lowest BCUT2D eigenvalue weighted by Gasteiger charge is -2.24. The lowest BCUT2D eigenvalue weighted by Crippen LogP contribution is -2.15. The van der Waals surface area contributed by atoms with Gasteiger partial charge in [0.05, 0.1) is 5.69 Å². The van der Waals surface area contributed by atoms with Gasteiger partial charge in [0.1, 0.15) is 0 Å². The fraction of sp³-hybridized carbons (Fsp3) is 0.474. The van der Waals surface area contributed by atoms with Crippen molar-refractivity contribution in [3.8, 4) is 11.3 Å². The van der Waals surface area contributed by atoms with Crippen LogP contribution in [0.5, 0.6) is 0 Å². The lowest BCUT2D eigenvalue weighted by atomic mass is 9.87. The van der Waals surface area contributed by atoms with Crippen LogP contribution < -0.4 is 5.32 Å². The first-order chi connectivity index (χ1) is 11.6. The molecular formula is C19H23N3O2. The number of ether oxygens (including phenoxy) is 1. The first kappa shape index (κ1) is 15.4. The maximum Gasteiger partial charge on any atom is 0.251 e. The highest BCUT2D eigenvalue weighted by molar-refractivity contribution is 6.00. The van der Waals surface area contributed by atoms with E-state index in [4.69, 9.17) is 4.74 Å². The Morgan fingerprint density at radius 2 is 2.00 bits per heavy atom. The number of benzene rings is 1. The summed E-state index contributed by atoms with van der Waals surface area (Å²) in [7, 11) is 0. The molecule has 2 aromatic rings. The molecule has 2 aliphatic heterocycles. The average Bonchev–Trinajstić information content (AvgIpc) is 3.22. The van der Waals surface area contributed by atoms with Gasteiger partial charge in [-0.15, -0.1) is 0 Å². The number of rotatable bonds is 3. The molecule has 5 heteroatoms. The van der Waals surface area contributed by atoms with Gasteiger partial charge < -0.3 is 10.1 Å². The second-order valence-electron chi connectivity index (χ2n) is 6.92. The van der Waals surface area contributed by atoms with Crippen molar-refractivity contribution in [2.24, 2.45) is 0 Å². The molecule has 0 bridgehead atoms. The van der Waals surface area contributed by atoms with Crippen molar-refractivity contribution in [3.63, 3.8) is 0 Å². The Bertz CT molecular complexity index is 773. The Hall–Kier alpha value is -2.14. The number of hydrogen-bond donors (Lipinski definition) is 1. The van der Waals surface area contributed by atoms with Crippen LogP contribution in [0.1, 0.15) is 60.1 Å². The smallest absolute Gasteiger partial charge is 0.251 e. The molecule has 1 aromatic carbocycles. The van der Waals surface area contributed by atoms with Gasteiger partial charge >= 0.3 is 0 Å². The molecule has 5 nitrogen and oxygen atoms in total. The van der Waals surface area contributed by atoms with Gasteiger partial charge in [0, 0.05) is 43.1 Å². The monoisotopic (exact) mass is 325 g/mol. The van der Waals surface area contributed by atoms with E-state index < -0.39 is 0 Å². The molecule has 0 spiro atoms. The quantitative estimate of drug-likeness (QED) is 0.942. The van der Waals surface area contributed by atoms with E-state index >= 15 is 0 Å². The highest BCUT2D eigenvalue weighted by atomic mass is 16.5. The Labute approximate surface area is 142 Å². The number of amides is 1. The number of carbonyl (C=O) groups is 1. The lowest BCUT2D eigenvalue weighted by molar-refractivity contribution is 0.0853. The molecule has 1 fully saturated rings. The van der Waals surface area contributed by atoms with Crippen molar-refractivity contribution < 1.29 is 9.53 Å². The second-order valence-corrected chi connectivity index (χ2v) is 6.92. The first-order valence-electron chi connectivity index (χ1n) is 8.72. The molecule has 126 valence electrons. The van der Waals surface area contributed by atoms with E-state index in [2.05, 4.69) is 36.4 Å². The van der Waals surface area contributed by atoms with Crippen molar-refractivity contribution in [1.82, 2.24) is 15.1 Å². The summed E-state index contributed by atoms with van der Waals surface area (Å²) in [5, 5.41) is 7.44. The zero-order valence-electron chi connectivity index (χ0n) is 14.2. The normalized spacial score (nSPS) is 18.0. The van der Waals surface area contributed by atoms with E-state index in [-0.39, 0.29) is 11.9 Å². The number of fused-ring (bicyclic) bond motifs is 1. The molecule has 1 N–H and O–H groups in total. The van der Waals surface area contributed by atoms with Gasteiger partial charge in [-0.2, -0.15) is 5.10 Å². The Kier molecular flexibility index (Phi) is 3.88. The molecule has 2 aliphatic rings. The van der Waals surface area contributed by atoms with Gasteiger partial charge in [0.15, 0.2) is 0 Å². The standard InChI is InChI=1S/C19H23N3O2/c1-12(2)22-18(3-6-21-22)15-9-14(13-4-7-24-8-5-13)10-16-17(15)11-20-19(16)23/h3,6,9-10,12-13H,4-5,7-8,11H2,1-2H3,(H,20,23). The molecule has 0 unspecified atom stereocenters. The highest BCUT2D eigenvalue weighted by Crippen LogP contribution is 2.36. The van der Waals surface area contributed by atoms with Crippen LogP contribution in [-0.2, 0) is 11.3 Å². The molecule has 1 saturated heterocycles. The largest absolute Gasteiger partial charge is 0.381 e. The van der Waals surface area contributed by atoms with Gasteiger partial charge in [0.2, 0.25) is 0 Å². The Morgan fingerprint density at radius 1 is 1.25 bits per heavy atom. The van der Waals surface area contributed by atoms with Crippen molar-refractivity contribution >= 4 is 5.91 Å². The predicted octanol–water partition coefficient (Wildman–Crippen LogP) is 3.27. The molecule has 4 rings (SSSR count). The molecule has 0 saturated carbocycles. The van der Waals surface area contributed by atoms with Crippen LogP contribution in [0.4, 0.5) is 0 Å². The summed E-state index contributed by atoms with van der Waals surface area (Å²) in [4.78, 5) is 12.3. The molecule has 3 heterocycles. The van der Waals surface area contributed by atoms with Gasteiger partial charge in [-0.25, -0.2) is 0 Å². The number of carbonyl (C=O) groups excluding carboxylic acids is 1. The topological polar surface area (TPSA) is 56.1 Å². The van der Waals surface area contributed by atoms with Crippen LogP contribution in [0.15, 0.2) is 24.4 Å². The number of nitrogens with one attached hydrogen (secondary N) is 1. The molecule has 1 amide bonds. The minimum atomic E-state index is 0.0378. The van der Waals surface area contributed by atoms with Crippen molar-refractivity contribution in [3.05, 3.63) is 41.1 Å². The van der Waals surface area contributed by atoms with Gasteiger partial charge in [0.25, 0.3) is 5.91 Å². The van der Waals surface area contributed by atoms with Crippen molar-refractivity contribution in [1.29, 1.82) is 0 Å². The van der Waals surface area contributed by atoms with E-state index in [1.807, 2.05) is 16.9 Å². The maximum absolute atomic E-state index is 12.3. The Balaban J connectivity index is 1.86. The molecule has 0 radical (unpaired) electrons. The minimum absolute atomic E-state index is 0.0378. The van der Waals surface area contributed by atoms with E-state index in [9.17, 15) is 4.79 Å². The number of aromatic nitrogens is 2. The summed E-state index contributed by atoms with van der Waals surface area (Å²) in [6.45, 7) is 6.45. The summed E-state index contributed by atoms with van der Waals surface area (Å²) >= 11 is 0. The summed E-state index contributed by atoms with van der Waals surface area (Å²) in [5.74, 6) is 0.502. The molecule has 24 heavy (non-hydrogen) atoms. The van der Waals surface area contributed by atoms with E-state index in [0.717, 1.165) is 48.4 Å². The van der Waals surface area contributed by atoms with Crippen LogP contribution in [0.3, 0.4) is 0 Å². The first-order valence-corrected chi connectivity index (χ1v) is 8.72. The van der Waals surface area contributed by atoms with E-state index in [0.29, 0.717) is 12.5 Å². The second kappa shape index (κ2) is 6.06. The van der Waals surface area contributed by atoms with Crippen molar-refractivity contribution in [2.75, 3.05) is 13.2 Å². The zero-order chi connectivity index (χ0) is 16.7. The predicted molar refractivity (Wildman–Crippen MR) is 92.0 cm³/mol. The SMILES string of the molecule is CC(C)n1nccc1-c1cc(C2CCOCC2)cc2c1CNC2=O. The van der Waals surface area contributed by atoms with Crippen LogP contribution in [0, 0.1) is 0 Å².